The third-order valence-electron chi connectivity index (χ3n) is 4.81. The monoisotopic (exact) mass is 321 g/mol. The Kier molecular flexibility index (Phi) is 6.16. The molecule has 0 amide bonds. The van der Waals surface area contributed by atoms with E-state index in [1.807, 2.05) is 18.5 Å². The summed E-state index contributed by atoms with van der Waals surface area (Å²) in [6.07, 6.45) is 10.6. The highest BCUT2D eigenvalue weighted by molar-refractivity contribution is 5.63. The van der Waals surface area contributed by atoms with Crippen LogP contribution in [-0.2, 0) is 6.54 Å². The highest BCUT2D eigenvalue weighted by atomic mass is 14.9. The van der Waals surface area contributed by atoms with E-state index in [2.05, 4.69) is 58.6 Å². The van der Waals surface area contributed by atoms with Gasteiger partial charge in [-0.2, -0.15) is 0 Å². The van der Waals surface area contributed by atoms with E-state index in [0.29, 0.717) is 12.1 Å². The maximum Gasteiger partial charge on any atom is 0.0273 e. The summed E-state index contributed by atoms with van der Waals surface area (Å²) < 4.78 is 0. The van der Waals surface area contributed by atoms with Gasteiger partial charge in [-0.05, 0) is 60.6 Å². The Hall–Kier alpha value is -1.97. The molecule has 1 heterocycles. The van der Waals surface area contributed by atoms with Gasteiger partial charge >= 0.3 is 0 Å². The third kappa shape index (κ3) is 4.76. The van der Waals surface area contributed by atoms with Crippen LogP contribution in [0.5, 0.6) is 0 Å². The molecule has 1 fully saturated rings. The molecule has 1 aromatic heterocycles. The Morgan fingerprint density at radius 3 is 2.38 bits per heavy atom. The first-order valence-electron chi connectivity index (χ1n) is 8.92. The van der Waals surface area contributed by atoms with Gasteiger partial charge in [-0.15, -0.1) is 6.58 Å². The normalized spacial score (nSPS) is 20.7. The van der Waals surface area contributed by atoms with Gasteiger partial charge in [-0.25, -0.2) is 0 Å². The molecule has 0 saturated heterocycles. The van der Waals surface area contributed by atoms with E-state index in [9.17, 15) is 0 Å². The van der Waals surface area contributed by atoms with Gasteiger partial charge in [0.2, 0.25) is 0 Å². The lowest BCUT2D eigenvalue weighted by Crippen LogP contribution is -2.39. The second kappa shape index (κ2) is 8.76. The number of rotatable bonds is 7. The topological polar surface area (TPSA) is 37.0 Å². The minimum absolute atomic E-state index is 0.636. The molecule has 1 aromatic carbocycles. The Morgan fingerprint density at radius 2 is 1.67 bits per heavy atom. The van der Waals surface area contributed by atoms with Crippen molar-refractivity contribution in [1.82, 2.24) is 15.6 Å². The highest BCUT2D eigenvalue weighted by Crippen LogP contribution is 2.21. The lowest BCUT2D eigenvalue weighted by Gasteiger charge is -2.29. The molecule has 1 aliphatic carbocycles. The van der Waals surface area contributed by atoms with E-state index in [1.165, 1.54) is 42.4 Å². The molecule has 0 aliphatic heterocycles. The minimum atomic E-state index is 0.636. The Balaban J connectivity index is 1.50. The molecule has 3 rings (SSSR count). The first-order valence-corrected chi connectivity index (χ1v) is 8.92. The zero-order valence-corrected chi connectivity index (χ0v) is 14.2. The zero-order valence-electron chi connectivity index (χ0n) is 14.2. The molecule has 24 heavy (non-hydrogen) atoms. The van der Waals surface area contributed by atoms with Crippen LogP contribution in [0.2, 0.25) is 0 Å². The molecule has 3 heteroatoms. The van der Waals surface area contributed by atoms with Crippen molar-refractivity contribution in [3.05, 3.63) is 67.0 Å². The zero-order chi connectivity index (χ0) is 16.6. The summed E-state index contributed by atoms with van der Waals surface area (Å²) in [7, 11) is 0. The predicted octanol–water partition coefficient (Wildman–Crippen LogP) is 3.93. The summed E-state index contributed by atoms with van der Waals surface area (Å²) >= 11 is 0. The molecule has 1 aliphatic rings. The Morgan fingerprint density at radius 1 is 0.958 bits per heavy atom. The third-order valence-corrected chi connectivity index (χ3v) is 4.81. The average molecular weight is 321 g/mol. The number of hydrogen-bond acceptors (Lipinski definition) is 3. The van der Waals surface area contributed by atoms with Crippen molar-refractivity contribution in [3.8, 4) is 11.1 Å². The molecule has 0 bridgehead atoms. The van der Waals surface area contributed by atoms with Gasteiger partial charge in [0.25, 0.3) is 0 Å². The van der Waals surface area contributed by atoms with Crippen LogP contribution in [0.3, 0.4) is 0 Å². The fourth-order valence-electron chi connectivity index (χ4n) is 3.42. The average Bonchev–Trinajstić information content (AvgIpc) is 2.66. The van der Waals surface area contributed by atoms with Crippen molar-refractivity contribution in [2.75, 3.05) is 6.54 Å². The lowest BCUT2D eigenvalue weighted by atomic mass is 9.91. The molecule has 0 atom stereocenters. The first-order chi connectivity index (χ1) is 11.8. The lowest BCUT2D eigenvalue weighted by molar-refractivity contribution is 0.312. The van der Waals surface area contributed by atoms with Crippen molar-refractivity contribution in [2.45, 2.75) is 44.3 Å². The van der Waals surface area contributed by atoms with Crippen molar-refractivity contribution in [3.63, 3.8) is 0 Å². The van der Waals surface area contributed by atoms with Crippen LogP contribution in [0.15, 0.2) is 61.4 Å². The Labute approximate surface area is 145 Å². The molecule has 0 radical (unpaired) electrons. The highest BCUT2D eigenvalue weighted by Gasteiger charge is 2.19. The number of benzene rings is 1. The van der Waals surface area contributed by atoms with Gasteiger partial charge in [0.05, 0.1) is 0 Å². The molecular formula is C21H27N3. The molecule has 0 unspecified atom stereocenters. The van der Waals surface area contributed by atoms with Crippen LogP contribution < -0.4 is 10.6 Å². The summed E-state index contributed by atoms with van der Waals surface area (Å²) in [6, 6.07) is 14.2. The first kappa shape index (κ1) is 16.9. The number of nitrogens with zero attached hydrogens (tertiary/aromatic N) is 1. The van der Waals surface area contributed by atoms with Gasteiger partial charge in [0.1, 0.15) is 0 Å². The van der Waals surface area contributed by atoms with E-state index >= 15 is 0 Å². The van der Waals surface area contributed by atoms with Gasteiger partial charge < -0.3 is 10.6 Å². The molecule has 126 valence electrons. The Bertz CT molecular complexity index is 631. The van der Waals surface area contributed by atoms with Crippen molar-refractivity contribution >= 4 is 0 Å². The van der Waals surface area contributed by atoms with Crippen LogP contribution in [-0.4, -0.2) is 23.6 Å². The number of hydrogen-bond donors (Lipinski definition) is 2. The standard InChI is InChI=1S/C21H27N3/c1-2-12-23-20-6-8-21(9-7-20)24-16-17-4-3-5-19(15-17)18-10-13-22-14-11-18/h2-5,10-11,13-15,20-21,23-24H,1,6-9,12,16H2. The van der Waals surface area contributed by atoms with E-state index in [-0.39, 0.29) is 0 Å². The van der Waals surface area contributed by atoms with Crippen molar-refractivity contribution < 1.29 is 0 Å². The van der Waals surface area contributed by atoms with E-state index < -0.39 is 0 Å². The maximum atomic E-state index is 4.09. The molecule has 1 saturated carbocycles. The van der Waals surface area contributed by atoms with E-state index in [0.717, 1.165) is 13.1 Å². The molecule has 3 nitrogen and oxygen atoms in total. The van der Waals surface area contributed by atoms with Crippen LogP contribution in [0.4, 0.5) is 0 Å². The SMILES string of the molecule is C=CCNC1CCC(NCc2cccc(-c3ccncc3)c2)CC1. The minimum Gasteiger partial charge on any atom is -0.311 e. The summed E-state index contributed by atoms with van der Waals surface area (Å²) in [4.78, 5) is 4.09. The van der Waals surface area contributed by atoms with Crippen molar-refractivity contribution in [2.24, 2.45) is 0 Å². The molecular weight excluding hydrogens is 294 g/mol. The molecule has 0 spiro atoms. The van der Waals surface area contributed by atoms with Crippen LogP contribution >= 0.6 is 0 Å². The van der Waals surface area contributed by atoms with Gasteiger partial charge in [-0.1, -0.05) is 24.3 Å². The van der Waals surface area contributed by atoms with Crippen LogP contribution in [0.1, 0.15) is 31.2 Å². The van der Waals surface area contributed by atoms with Gasteiger partial charge in [-0.3, -0.25) is 4.98 Å². The molecule has 2 aromatic rings. The summed E-state index contributed by atoms with van der Waals surface area (Å²) in [5.41, 5.74) is 3.82. The second-order valence-electron chi connectivity index (χ2n) is 6.56. The quantitative estimate of drug-likeness (QED) is 0.759. The largest absolute Gasteiger partial charge is 0.311 e. The van der Waals surface area contributed by atoms with Crippen LogP contribution in [0, 0.1) is 0 Å². The molecule has 2 N–H and O–H groups in total. The van der Waals surface area contributed by atoms with E-state index in [1.54, 1.807) is 0 Å². The van der Waals surface area contributed by atoms with Crippen molar-refractivity contribution in [1.29, 1.82) is 0 Å². The fraction of sp³-hybridized carbons (Fsp3) is 0.381. The fourth-order valence-corrected chi connectivity index (χ4v) is 3.42. The summed E-state index contributed by atoms with van der Waals surface area (Å²) in [5.74, 6) is 0. The van der Waals surface area contributed by atoms with Crippen LogP contribution in [0.25, 0.3) is 11.1 Å². The van der Waals surface area contributed by atoms with E-state index in [4.69, 9.17) is 0 Å². The van der Waals surface area contributed by atoms with Gasteiger partial charge in [0, 0.05) is 37.6 Å². The number of aromatic nitrogens is 1. The summed E-state index contributed by atoms with van der Waals surface area (Å²) in [5, 5.41) is 7.27. The van der Waals surface area contributed by atoms with Gasteiger partial charge in [0.15, 0.2) is 0 Å². The predicted molar refractivity (Wildman–Crippen MR) is 101 cm³/mol. The second-order valence-corrected chi connectivity index (χ2v) is 6.56. The number of nitrogens with one attached hydrogen (secondary N) is 2. The maximum absolute atomic E-state index is 4.09. The smallest absolute Gasteiger partial charge is 0.0273 e. The number of pyridine rings is 1. The summed E-state index contributed by atoms with van der Waals surface area (Å²) in [6.45, 7) is 5.63.